The Balaban J connectivity index is 2.17. The second-order valence-corrected chi connectivity index (χ2v) is 4.20. The maximum absolute atomic E-state index is 9.02. The van der Waals surface area contributed by atoms with Crippen molar-refractivity contribution in [3.63, 3.8) is 0 Å². The molecule has 1 saturated heterocycles. The van der Waals surface area contributed by atoms with Crippen LogP contribution in [0.5, 0.6) is 0 Å². The van der Waals surface area contributed by atoms with Gasteiger partial charge in [-0.3, -0.25) is 0 Å². The third-order valence-corrected chi connectivity index (χ3v) is 3.13. The Bertz CT molecular complexity index is 415. The Labute approximate surface area is 101 Å². The van der Waals surface area contributed by atoms with Crippen molar-refractivity contribution >= 4 is 5.82 Å². The summed E-state index contributed by atoms with van der Waals surface area (Å²) in [5.41, 5.74) is 0.392. The van der Waals surface area contributed by atoms with Gasteiger partial charge in [0.15, 0.2) is 11.5 Å². The van der Waals surface area contributed by atoms with E-state index in [0.29, 0.717) is 17.6 Å². The van der Waals surface area contributed by atoms with E-state index in [-0.39, 0.29) is 6.61 Å². The molecule has 0 aliphatic carbocycles. The third kappa shape index (κ3) is 2.53. The van der Waals surface area contributed by atoms with Crippen LogP contribution in [0.3, 0.4) is 0 Å². The first-order valence-corrected chi connectivity index (χ1v) is 5.95. The largest absolute Gasteiger partial charge is 0.396 e. The molecule has 1 fully saturated rings. The lowest BCUT2D eigenvalue weighted by molar-refractivity contribution is 0.279. The molecule has 2 rings (SSSR count). The van der Waals surface area contributed by atoms with Crippen LogP contribution in [-0.2, 0) is 0 Å². The monoisotopic (exact) mass is 232 g/mol. The first-order valence-electron chi connectivity index (χ1n) is 5.95. The summed E-state index contributed by atoms with van der Waals surface area (Å²) >= 11 is 0. The molecule has 1 atom stereocenters. The molecule has 0 saturated carbocycles. The molecule has 1 aromatic rings. The van der Waals surface area contributed by atoms with Gasteiger partial charge in [-0.05, 0) is 25.7 Å². The maximum Gasteiger partial charge on any atom is 0.183 e. The summed E-state index contributed by atoms with van der Waals surface area (Å²) in [6.45, 7) is 1.14. The minimum absolute atomic E-state index is 0.218. The van der Waals surface area contributed by atoms with Crippen LogP contribution < -0.4 is 4.90 Å². The molecule has 1 aromatic heterocycles. The highest BCUT2D eigenvalue weighted by atomic mass is 16.2. The second kappa shape index (κ2) is 5.60. The predicted molar refractivity (Wildman–Crippen MR) is 63.4 cm³/mol. The van der Waals surface area contributed by atoms with Gasteiger partial charge in [0.05, 0.1) is 0 Å². The zero-order chi connectivity index (χ0) is 12.1. The van der Waals surface area contributed by atoms with Crippen molar-refractivity contribution in [2.24, 2.45) is 0 Å². The molecule has 90 valence electrons. The Morgan fingerprint density at radius 2 is 2.29 bits per heavy atom. The molecule has 0 spiro atoms. The normalized spacial score (nSPS) is 19.3. The fourth-order valence-electron chi connectivity index (χ4n) is 2.36. The lowest BCUT2D eigenvalue weighted by Crippen LogP contribution is -2.31. The lowest BCUT2D eigenvalue weighted by Gasteiger charge is -2.25. The van der Waals surface area contributed by atoms with Crippen molar-refractivity contribution in [3.8, 4) is 6.07 Å². The summed E-state index contributed by atoms with van der Waals surface area (Å²) in [6, 6.07) is 2.46. The number of nitriles is 1. The Hall–Kier alpha value is -1.67. The van der Waals surface area contributed by atoms with Gasteiger partial charge in [0.1, 0.15) is 6.07 Å². The molecule has 0 aromatic carbocycles. The SMILES string of the molecule is N#Cc1nccnc1N1CCCC1CCCO. The average Bonchev–Trinajstić information content (AvgIpc) is 2.84. The zero-order valence-corrected chi connectivity index (χ0v) is 9.71. The Morgan fingerprint density at radius 1 is 1.47 bits per heavy atom. The zero-order valence-electron chi connectivity index (χ0n) is 9.71. The standard InChI is InChI=1S/C12H16N4O/c13-9-11-12(15-6-5-14-11)16-7-1-3-10(16)4-2-8-17/h5-6,10,17H,1-4,7-8H2. The van der Waals surface area contributed by atoms with E-state index >= 15 is 0 Å². The van der Waals surface area contributed by atoms with Crippen LogP contribution in [0.2, 0.25) is 0 Å². The summed E-state index contributed by atoms with van der Waals surface area (Å²) in [4.78, 5) is 10.5. The number of aliphatic hydroxyl groups is 1. The highest BCUT2D eigenvalue weighted by Gasteiger charge is 2.27. The van der Waals surface area contributed by atoms with Gasteiger partial charge in [0, 0.05) is 31.6 Å². The van der Waals surface area contributed by atoms with E-state index in [1.54, 1.807) is 12.4 Å². The van der Waals surface area contributed by atoms with Gasteiger partial charge in [-0.15, -0.1) is 0 Å². The van der Waals surface area contributed by atoms with Gasteiger partial charge in [-0.25, -0.2) is 9.97 Å². The number of hydrogen-bond donors (Lipinski definition) is 1. The van der Waals surface area contributed by atoms with Gasteiger partial charge in [0.2, 0.25) is 0 Å². The van der Waals surface area contributed by atoms with Gasteiger partial charge in [0.25, 0.3) is 0 Å². The van der Waals surface area contributed by atoms with Crippen LogP contribution >= 0.6 is 0 Å². The number of aromatic nitrogens is 2. The maximum atomic E-state index is 9.02. The third-order valence-electron chi connectivity index (χ3n) is 3.13. The molecular formula is C12H16N4O. The van der Waals surface area contributed by atoms with Gasteiger partial charge in [-0.1, -0.05) is 0 Å². The van der Waals surface area contributed by atoms with Crippen molar-refractivity contribution in [2.45, 2.75) is 31.7 Å². The first-order chi connectivity index (χ1) is 8.36. The summed E-state index contributed by atoms with van der Waals surface area (Å²) in [5.74, 6) is 0.690. The van der Waals surface area contributed by atoms with Crippen LogP contribution in [-0.4, -0.2) is 34.3 Å². The van der Waals surface area contributed by atoms with Crippen molar-refractivity contribution in [2.75, 3.05) is 18.1 Å². The second-order valence-electron chi connectivity index (χ2n) is 4.20. The van der Waals surface area contributed by atoms with Gasteiger partial charge < -0.3 is 10.0 Å². The summed E-state index contributed by atoms with van der Waals surface area (Å²) in [5, 5.41) is 17.9. The average molecular weight is 232 g/mol. The molecule has 0 amide bonds. The predicted octanol–water partition coefficient (Wildman–Crippen LogP) is 1.09. The summed E-state index contributed by atoms with van der Waals surface area (Å²) in [7, 11) is 0. The van der Waals surface area contributed by atoms with E-state index in [1.165, 1.54) is 0 Å². The molecular weight excluding hydrogens is 216 g/mol. The molecule has 1 aliphatic rings. The van der Waals surface area contributed by atoms with Crippen LogP contribution in [0, 0.1) is 11.3 Å². The first kappa shape index (κ1) is 11.8. The lowest BCUT2D eigenvalue weighted by atomic mass is 10.1. The summed E-state index contributed by atoms with van der Waals surface area (Å²) in [6.07, 6.45) is 7.11. The Kier molecular flexibility index (Phi) is 3.89. The molecule has 0 bridgehead atoms. The van der Waals surface area contributed by atoms with E-state index < -0.39 is 0 Å². The number of hydrogen-bond acceptors (Lipinski definition) is 5. The van der Waals surface area contributed by atoms with Crippen molar-refractivity contribution < 1.29 is 5.11 Å². The topological polar surface area (TPSA) is 73.0 Å². The number of rotatable bonds is 4. The number of aliphatic hydroxyl groups excluding tert-OH is 1. The van der Waals surface area contributed by atoms with Gasteiger partial charge >= 0.3 is 0 Å². The minimum atomic E-state index is 0.218. The fourth-order valence-corrected chi connectivity index (χ4v) is 2.36. The van der Waals surface area contributed by atoms with Crippen molar-refractivity contribution in [1.29, 1.82) is 5.26 Å². The molecule has 1 N–H and O–H groups in total. The van der Waals surface area contributed by atoms with Crippen molar-refractivity contribution in [1.82, 2.24) is 9.97 Å². The van der Waals surface area contributed by atoms with Gasteiger partial charge in [-0.2, -0.15) is 5.26 Å². The highest BCUT2D eigenvalue weighted by molar-refractivity contribution is 5.51. The van der Waals surface area contributed by atoms with E-state index in [1.807, 2.05) is 0 Å². The van der Waals surface area contributed by atoms with Crippen molar-refractivity contribution in [3.05, 3.63) is 18.1 Å². The highest BCUT2D eigenvalue weighted by Crippen LogP contribution is 2.27. The van der Waals surface area contributed by atoms with E-state index in [9.17, 15) is 0 Å². The minimum Gasteiger partial charge on any atom is -0.396 e. The molecule has 1 unspecified atom stereocenters. The van der Waals surface area contributed by atoms with Crippen LogP contribution in [0.1, 0.15) is 31.4 Å². The molecule has 1 aliphatic heterocycles. The molecule has 0 radical (unpaired) electrons. The van der Waals surface area contributed by atoms with Crippen LogP contribution in [0.25, 0.3) is 0 Å². The Morgan fingerprint density at radius 3 is 3.06 bits per heavy atom. The van der Waals surface area contributed by atoms with E-state index in [0.717, 1.165) is 32.2 Å². The smallest absolute Gasteiger partial charge is 0.183 e. The number of anilines is 1. The van der Waals surface area contributed by atoms with E-state index in [4.69, 9.17) is 10.4 Å². The quantitative estimate of drug-likeness (QED) is 0.841. The number of nitrogens with zero attached hydrogens (tertiary/aromatic N) is 4. The summed E-state index contributed by atoms with van der Waals surface area (Å²) < 4.78 is 0. The fraction of sp³-hybridized carbons (Fsp3) is 0.583. The molecule has 5 nitrogen and oxygen atoms in total. The molecule has 5 heteroatoms. The van der Waals surface area contributed by atoms with Crippen LogP contribution in [0.15, 0.2) is 12.4 Å². The molecule has 2 heterocycles. The molecule has 17 heavy (non-hydrogen) atoms. The van der Waals surface area contributed by atoms with E-state index in [2.05, 4.69) is 20.9 Å². The van der Waals surface area contributed by atoms with Crippen LogP contribution in [0.4, 0.5) is 5.82 Å².